The molecule has 1 aliphatic rings. The maximum atomic E-state index is 11.9. The Hall–Kier alpha value is -1.88. The van der Waals surface area contributed by atoms with Crippen molar-refractivity contribution in [2.45, 2.75) is 19.3 Å². The first kappa shape index (κ1) is 14.5. The lowest BCUT2D eigenvalue weighted by Gasteiger charge is -2.21. The van der Waals surface area contributed by atoms with Crippen LogP contribution >= 0.6 is 0 Å². The third-order valence-corrected chi connectivity index (χ3v) is 3.51. The van der Waals surface area contributed by atoms with Gasteiger partial charge in [-0.2, -0.15) is 0 Å². The summed E-state index contributed by atoms with van der Waals surface area (Å²) in [4.78, 5) is 22.6. The van der Waals surface area contributed by atoms with Crippen LogP contribution in [0.2, 0.25) is 0 Å². The number of aromatic carboxylic acids is 1. The van der Waals surface area contributed by atoms with Gasteiger partial charge in [-0.3, -0.25) is 4.79 Å². The molecule has 0 radical (unpaired) electrons. The Balaban J connectivity index is 1.74. The molecular weight excluding hydrogens is 258 g/mol. The average molecular weight is 277 g/mol. The Labute approximate surface area is 117 Å². The normalized spacial score (nSPS) is 15.8. The summed E-state index contributed by atoms with van der Waals surface area (Å²) in [7, 11) is 0. The molecule has 108 valence electrons. The first-order chi connectivity index (χ1) is 9.66. The molecule has 0 unspecified atom stereocenters. The Kier molecular flexibility index (Phi) is 5.12. The lowest BCUT2D eigenvalue weighted by Crippen LogP contribution is -2.35. The highest BCUT2D eigenvalue weighted by molar-refractivity contribution is 5.87. The van der Waals surface area contributed by atoms with Gasteiger partial charge in [-0.05, 0) is 37.0 Å². The Morgan fingerprint density at radius 2 is 1.85 bits per heavy atom. The fraction of sp³-hybridized carbons (Fsp3) is 0.467. The molecule has 1 fully saturated rings. The van der Waals surface area contributed by atoms with Crippen LogP contribution in [0.5, 0.6) is 0 Å². The van der Waals surface area contributed by atoms with E-state index in [0.29, 0.717) is 26.2 Å². The van der Waals surface area contributed by atoms with E-state index in [4.69, 9.17) is 9.84 Å². The van der Waals surface area contributed by atoms with Gasteiger partial charge in [-0.1, -0.05) is 12.1 Å². The summed E-state index contributed by atoms with van der Waals surface area (Å²) in [6.07, 6.45) is 2.28. The van der Waals surface area contributed by atoms with E-state index in [-0.39, 0.29) is 17.4 Å². The van der Waals surface area contributed by atoms with Gasteiger partial charge >= 0.3 is 5.97 Å². The molecule has 2 N–H and O–H groups in total. The number of ether oxygens (including phenoxy) is 1. The van der Waals surface area contributed by atoms with E-state index >= 15 is 0 Å². The van der Waals surface area contributed by atoms with Crippen molar-refractivity contribution in [3.8, 4) is 0 Å². The van der Waals surface area contributed by atoms with Crippen LogP contribution in [0.25, 0.3) is 0 Å². The molecule has 0 spiro atoms. The molecule has 1 aromatic rings. The molecule has 5 heteroatoms. The largest absolute Gasteiger partial charge is 0.478 e. The van der Waals surface area contributed by atoms with Gasteiger partial charge in [-0.15, -0.1) is 0 Å². The van der Waals surface area contributed by atoms with Gasteiger partial charge in [0.05, 0.1) is 5.56 Å². The van der Waals surface area contributed by atoms with Gasteiger partial charge in [-0.25, -0.2) is 4.79 Å². The zero-order valence-electron chi connectivity index (χ0n) is 11.3. The van der Waals surface area contributed by atoms with Crippen molar-refractivity contribution in [3.05, 3.63) is 35.4 Å². The average Bonchev–Trinajstić information content (AvgIpc) is 2.48. The fourth-order valence-electron chi connectivity index (χ4n) is 2.25. The zero-order chi connectivity index (χ0) is 14.4. The molecule has 0 bridgehead atoms. The van der Waals surface area contributed by atoms with Crippen LogP contribution in [0.1, 0.15) is 28.8 Å². The van der Waals surface area contributed by atoms with E-state index in [2.05, 4.69) is 5.32 Å². The number of hydrogen-bond donors (Lipinski definition) is 2. The van der Waals surface area contributed by atoms with Crippen LogP contribution in [-0.4, -0.2) is 36.7 Å². The van der Waals surface area contributed by atoms with E-state index in [1.165, 1.54) is 0 Å². The number of amides is 1. The number of carbonyl (C=O) groups is 2. The van der Waals surface area contributed by atoms with Crippen molar-refractivity contribution in [2.24, 2.45) is 5.92 Å². The van der Waals surface area contributed by atoms with Crippen molar-refractivity contribution in [1.82, 2.24) is 5.32 Å². The van der Waals surface area contributed by atoms with E-state index in [9.17, 15) is 9.59 Å². The van der Waals surface area contributed by atoms with Crippen molar-refractivity contribution in [2.75, 3.05) is 19.8 Å². The Morgan fingerprint density at radius 3 is 2.45 bits per heavy atom. The second kappa shape index (κ2) is 7.05. The topological polar surface area (TPSA) is 75.6 Å². The molecule has 0 aliphatic carbocycles. The zero-order valence-corrected chi connectivity index (χ0v) is 11.3. The molecule has 1 heterocycles. The summed E-state index contributed by atoms with van der Waals surface area (Å²) in [5.74, 6) is -0.766. The first-order valence-electron chi connectivity index (χ1n) is 6.84. The summed E-state index contributed by atoms with van der Waals surface area (Å²) in [6.45, 7) is 1.89. The summed E-state index contributed by atoms with van der Waals surface area (Å²) < 4.78 is 5.23. The molecule has 5 nitrogen and oxygen atoms in total. The number of benzene rings is 1. The van der Waals surface area contributed by atoms with Crippen LogP contribution in [0, 0.1) is 5.92 Å². The lowest BCUT2D eigenvalue weighted by atomic mass is 9.99. The number of carboxylic acids is 1. The predicted octanol–water partition coefficient (Wildman–Crippen LogP) is 1.47. The molecule has 1 aromatic carbocycles. The molecule has 0 atom stereocenters. The molecule has 1 saturated heterocycles. The van der Waals surface area contributed by atoms with Gasteiger partial charge in [0.15, 0.2) is 0 Å². The van der Waals surface area contributed by atoms with Crippen molar-refractivity contribution in [3.63, 3.8) is 0 Å². The molecule has 0 aromatic heterocycles. The van der Waals surface area contributed by atoms with Gasteiger partial charge in [0.25, 0.3) is 0 Å². The third-order valence-electron chi connectivity index (χ3n) is 3.51. The standard InChI is InChI=1S/C15H19NO4/c17-14(12-6-9-20-10-7-12)16-8-5-11-1-3-13(4-2-11)15(18)19/h1-4,12H,5-10H2,(H,16,17)(H,18,19). The second-order valence-corrected chi connectivity index (χ2v) is 4.93. The monoisotopic (exact) mass is 277 g/mol. The van der Waals surface area contributed by atoms with Gasteiger partial charge in [0.2, 0.25) is 5.91 Å². The summed E-state index contributed by atoms with van der Waals surface area (Å²) in [5, 5.41) is 11.7. The Morgan fingerprint density at radius 1 is 1.20 bits per heavy atom. The highest BCUT2D eigenvalue weighted by atomic mass is 16.5. The number of hydrogen-bond acceptors (Lipinski definition) is 3. The molecule has 0 saturated carbocycles. The highest BCUT2D eigenvalue weighted by Gasteiger charge is 2.20. The number of nitrogens with one attached hydrogen (secondary N) is 1. The van der Waals surface area contributed by atoms with Crippen LogP contribution in [0.4, 0.5) is 0 Å². The summed E-state index contributed by atoms with van der Waals surface area (Å²) in [6, 6.07) is 6.73. The van der Waals surface area contributed by atoms with Crippen LogP contribution < -0.4 is 5.32 Å². The Bertz CT molecular complexity index is 463. The van der Waals surface area contributed by atoms with E-state index in [1.54, 1.807) is 24.3 Å². The maximum Gasteiger partial charge on any atom is 0.335 e. The van der Waals surface area contributed by atoms with Gasteiger partial charge in [0.1, 0.15) is 0 Å². The van der Waals surface area contributed by atoms with Gasteiger partial charge in [0, 0.05) is 25.7 Å². The summed E-state index contributed by atoms with van der Waals surface area (Å²) >= 11 is 0. The van der Waals surface area contributed by atoms with Crippen molar-refractivity contribution in [1.29, 1.82) is 0 Å². The number of carboxylic acid groups (broad SMARTS) is 1. The van der Waals surface area contributed by atoms with E-state index in [0.717, 1.165) is 18.4 Å². The SMILES string of the molecule is O=C(O)c1ccc(CCNC(=O)C2CCOCC2)cc1. The van der Waals surface area contributed by atoms with Crippen LogP contribution in [0.15, 0.2) is 24.3 Å². The fourth-order valence-corrected chi connectivity index (χ4v) is 2.25. The third kappa shape index (κ3) is 4.06. The maximum absolute atomic E-state index is 11.9. The highest BCUT2D eigenvalue weighted by Crippen LogP contribution is 2.14. The van der Waals surface area contributed by atoms with Gasteiger partial charge < -0.3 is 15.2 Å². The minimum Gasteiger partial charge on any atom is -0.478 e. The first-order valence-corrected chi connectivity index (χ1v) is 6.84. The lowest BCUT2D eigenvalue weighted by molar-refractivity contribution is -0.127. The summed E-state index contributed by atoms with van der Waals surface area (Å²) in [5.41, 5.74) is 1.29. The molecular formula is C15H19NO4. The minimum atomic E-state index is -0.927. The number of carbonyl (C=O) groups excluding carboxylic acids is 1. The predicted molar refractivity (Wildman–Crippen MR) is 73.7 cm³/mol. The smallest absolute Gasteiger partial charge is 0.335 e. The van der Waals surface area contributed by atoms with Crippen LogP contribution in [-0.2, 0) is 16.0 Å². The van der Waals surface area contributed by atoms with E-state index in [1.807, 2.05) is 0 Å². The molecule has 2 rings (SSSR count). The number of rotatable bonds is 5. The molecule has 1 aliphatic heterocycles. The second-order valence-electron chi connectivity index (χ2n) is 4.93. The van der Waals surface area contributed by atoms with E-state index < -0.39 is 5.97 Å². The van der Waals surface area contributed by atoms with Crippen molar-refractivity contribution < 1.29 is 19.4 Å². The van der Waals surface area contributed by atoms with Crippen molar-refractivity contribution >= 4 is 11.9 Å². The minimum absolute atomic E-state index is 0.0677. The molecule has 1 amide bonds. The molecule has 20 heavy (non-hydrogen) atoms. The quantitative estimate of drug-likeness (QED) is 0.854. The van der Waals surface area contributed by atoms with Crippen LogP contribution in [0.3, 0.4) is 0 Å².